The Hall–Kier alpha value is -1.82. The average molecular weight is 482 g/mol. The number of rotatable bonds is 1. The Kier molecular flexibility index (Phi) is 6.95. The highest BCUT2D eigenvalue weighted by Crippen LogP contribution is 2.35. The smallest absolute Gasteiger partial charge is 0.410 e. The van der Waals surface area contributed by atoms with Gasteiger partial charge in [0.25, 0.3) is 0 Å². The average Bonchev–Trinajstić information content (AvgIpc) is 2.82. The van der Waals surface area contributed by atoms with Gasteiger partial charge >= 0.3 is 6.09 Å². The number of hydrogen-bond acceptors (Lipinski definition) is 5. The molecule has 2 aliphatic heterocycles. The second-order valence-corrected chi connectivity index (χ2v) is 9.73. The number of hydrogen-bond donors (Lipinski definition) is 0. The highest BCUT2D eigenvalue weighted by Gasteiger charge is 2.35. The van der Waals surface area contributed by atoms with E-state index < -0.39 is 11.4 Å². The molecule has 0 N–H and O–H groups in total. The van der Waals surface area contributed by atoms with Gasteiger partial charge in [-0.3, -0.25) is 9.80 Å². The van der Waals surface area contributed by atoms with Gasteiger partial charge in [-0.15, -0.1) is 0 Å². The van der Waals surface area contributed by atoms with Gasteiger partial charge in [0.05, 0.1) is 17.1 Å². The first-order chi connectivity index (χ1) is 14.0. The van der Waals surface area contributed by atoms with Crippen molar-refractivity contribution < 1.29 is 18.7 Å². The number of piperazine rings is 1. The summed E-state index contributed by atoms with van der Waals surface area (Å²) in [6.07, 6.45) is -0.323. The predicted octanol–water partition coefficient (Wildman–Crippen LogP) is 3.32. The van der Waals surface area contributed by atoms with Gasteiger partial charge in [-0.05, 0) is 56.9 Å². The van der Waals surface area contributed by atoms with Crippen LogP contribution in [0.4, 0.5) is 9.18 Å². The standard InChI is InChI=1S/C22H29BrFN3O3/c1-22(2,3)30-21(28)27-10-9-26-12-16-11-15(7-6-8-25(4)5)18(23)19(24)20(16)29-14-17(26)13-27/h11,17H,8-10,12-14H2,1-5H3/t17-/m1/s1. The second kappa shape index (κ2) is 9.13. The lowest BCUT2D eigenvalue weighted by Crippen LogP contribution is -2.56. The molecule has 0 saturated carbocycles. The van der Waals surface area contributed by atoms with Crippen molar-refractivity contribution in [2.24, 2.45) is 0 Å². The first kappa shape index (κ1) is 22.9. The fourth-order valence-electron chi connectivity index (χ4n) is 3.47. The zero-order valence-electron chi connectivity index (χ0n) is 18.2. The molecule has 2 heterocycles. The maximum atomic E-state index is 15.0. The van der Waals surface area contributed by atoms with Crippen molar-refractivity contribution in [3.05, 3.63) is 27.5 Å². The van der Waals surface area contributed by atoms with Crippen LogP contribution in [0.3, 0.4) is 0 Å². The maximum Gasteiger partial charge on any atom is 0.410 e. The normalized spacial score (nSPS) is 19.2. The largest absolute Gasteiger partial charge is 0.488 e. The van der Waals surface area contributed by atoms with Crippen molar-refractivity contribution >= 4 is 22.0 Å². The van der Waals surface area contributed by atoms with Crippen LogP contribution in [-0.2, 0) is 11.3 Å². The molecule has 1 atom stereocenters. The molecule has 1 aromatic carbocycles. The second-order valence-electron chi connectivity index (χ2n) is 8.94. The van der Waals surface area contributed by atoms with Crippen LogP contribution in [0.15, 0.2) is 10.5 Å². The number of carbonyl (C=O) groups is 1. The molecule has 0 aliphatic carbocycles. The molecular formula is C22H29BrFN3O3. The van der Waals surface area contributed by atoms with Gasteiger partial charge in [0.2, 0.25) is 0 Å². The van der Waals surface area contributed by atoms with Crippen LogP contribution in [0.1, 0.15) is 31.9 Å². The van der Waals surface area contributed by atoms with Gasteiger partial charge in [0, 0.05) is 37.3 Å². The minimum Gasteiger partial charge on any atom is -0.488 e. The molecule has 164 valence electrons. The topological polar surface area (TPSA) is 45.3 Å². The molecule has 6 nitrogen and oxygen atoms in total. The van der Waals surface area contributed by atoms with E-state index >= 15 is 4.39 Å². The third-order valence-corrected chi connectivity index (χ3v) is 5.68. The van der Waals surface area contributed by atoms with Gasteiger partial charge in [-0.2, -0.15) is 0 Å². The van der Waals surface area contributed by atoms with Crippen LogP contribution < -0.4 is 4.74 Å². The van der Waals surface area contributed by atoms with E-state index in [0.29, 0.717) is 49.4 Å². The summed E-state index contributed by atoms with van der Waals surface area (Å²) in [5.74, 6) is 5.94. The van der Waals surface area contributed by atoms with E-state index in [1.807, 2.05) is 45.8 Å². The number of ether oxygens (including phenoxy) is 2. The van der Waals surface area contributed by atoms with Crippen molar-refractivity contribution in [1.82, 2.24) is 14.7 Å². The van der Waals surface area contributed by atoms with E-state index in [1.54, 1.807) is 4.90 Å². The molecule has 0 radical (unpaired) electrons. The minimum absolute atomic E-state index is 0.0277. The van der Waals surface area contributed by atoms with Crippen LogP contribution in [-0.4, -0.2) is 79.3 Å². The Bertz CT molecular complexity index is 873. The number of halogens is 2. The monoisotopic (exact) mass is 481 g/mol. The lowest BCUT2D eigenvalue weighted by Gasteiger charge is -2.40. The Morgan fingerprint density at radius 1 is 1.40 bits per heavy atom. The van der Waals surface area contributed by atoms with Gasteiger partial charge in [-0.1, -0.05) is 11.8 Å². The zero-order valence-corrected chi connectivity index (χ0v) is 19.8. The number of nitrogens with zero attached hydrogens (tertiary/aromatic N) is 3. The van der Waals surface area contributed by atoms with E-state index in [2.05, 4.69) is 32.7 Å². The zero-order chi connectivity index (χ0) is 22.1. The Balaban J connectivity index is 1.78. The first-order valence-electron chi connectivity index (χ1n) is 10.0. The summed E-state index contributed by atoms with van der Waals surface area (Å²) in [4.78, 5) is 18.3. The van der Waals surface area contributed by atoms with Crippen LogP contribution in [0.25, 0.3) is 0 Å². The van der Waals surface area contributed by atoms with Crippen LogP contribution in [0.2, 0.25) is 0 Å². The fourth-order valence-corrected chi connectivity index (χ4v) is 3.86. The third kappa shape index (κ3) is 5.45. The lowest BCUT2D eigenvalue weighted by atomic mass is 10.1. The molecule has 2 aliphatic rings. The minimum atomic E-state index is -0.538. The first-order valence-corrected chi connectivity index (χ1v) is 10.8. The molecule has 0 bridgehead atoms. The van der Waals surface area contributed by atoms with E-state index in [-0.39, 0.29) is 17.9 Å². The number of benzene rings is 1. The quantitative estimate of drug-likeness (QED) is 0.575. The number of carbonyl (C=O) groups excluding carboxylic acids is 1. The predicted molar refractivity (Wildman–Crippen MR) is 117 cm³/mol. The highest BCUT2D eigenvalue weighted by atomic mass is 79.9. The molecular weight excluding hydrogens is 453 g/mol. The van der Waals surface area contributed by atoms with E-state index in [9.17, 15) is 4.79 Å². The van der Waals surface area contributed by atoms with Crippen LogP contribution in [0, 0.1) is 17.7 Å². The van der Waals surface area contributed by atoms with Crippen molar-refractivity contribution in [3.63, 3.8) is 0 Å². The summed E-state index contributed by atoms with van der Waals surface area (Å²) in [5.41, 5.74) is 0.852. The summed E-state index contributed by atoms with van der Waals surface area (Å²) in [5, 5.41) is 0. The van der Waals surface area contributed by atoms with Crippen molar-refractivity contribution in [1.29, 1.82) is 0 Å². The number of amides is 1. The van der Waals surface area contributed by atoms with Gasteiger partial charge in [-0.25, -0.2) is 9.18 Å². The van der Waals surface area contributed by atoms with Gasteiger partial charge in [0.15, 0.2) is 11.6 Å². The molecule has 30 heavy (non-hydrogen) atoms. The molecule has 3 rings (SSSR count). The Labute approximate surface area is 186 Å². The summed E-state index contributed by atoms with van der Waals surface area (Å²) in [6.45, 7) is 8.74. The van der Waals surface area contributed by atoms with E-state index in [1.165, 1.54) is 0 Å². The van der Waals surface area contributed by atoms with E-state index in [0.717, 1.165) is 5.56 Å². The molecule has 0 spiro atoms. The van der Waals surface area contributed by atoms with Crippen LogP contribution in [0.5, 0.6) is 5.75 Å². The van der Waals surface area contributed by atoms with Crippen molar-refractivity contribution in [2.75, 3.05) is 46.9 Å². The molecule has 1 amide bonds. The molecule has 0 aromatic heterocycles. The lowest BCUT2D eigenvalue weighted by molar-refractivity contribution is -0.00164. The Morgan fingerprint density at radius 3 is 2.80 bits per heavy atom. The fraction of sp³-hybridized carbons (Fsp3) is 0.591. The highest BCUT2D eigenvalue weighted by molar-refractivity contribution is 9.10. The van der Waals surface area contributed by atoms with Gasteiger partial charge in [0.1, 0.15) is 12.2 Å². The number of fused-ring (bicyclic) bond motifs is 2. The third-order valence-electron chi connectivity index (χ3n) is 4.91. The summed E-state index contributed by atoms with van der Waals surface area (Å²) in [6, 6.07) is 1.87. The van der Waals surface area contributed by atoms with Crippen molar-refractivity contribution in [3.8, 4) is 17.6 Å². The molecule has 1 saturated heterocycles. The maximum absolute atomic E-state index is 15.0. The summed E-state index contributed by atoms with van der Waals surface area (Å²) >= 11 is 3.33. The summed E-state index contributed by atoms with van der Waals surface area (Å²) < 4.78 is 26.7. The SMILES string of the molecule is CN(C)CC#Cc1cc2c(c(F)c1Br)OC[C@H]1CN(C(=O)OC(C)(C)C)CCN1C2. The van der Waals surface area contributed by atoms with E-state index in [4.69, 9.17) is 9.47 Å². The molecule has 1 fully saturated rings. The molecule has 0 unspecified atom stereocenters. The van der Waals surface area contributed by atoms with Crippen molar-refractivity contribution in [2.45, 2.75) is 39.0 Å². The van der Waals surface area contributed by atoms with Crippen LogP contribution >= 0.6 is 15.9 Å². The Morgan fingerprint density at radius 2 is 2.13 bits per heavy atom. The molecule has 8 heteroatoms. The summed E-state index contributed by atoms with van der Waals surface area (Å²) in [7, 11) is 3.87. The molecule has 1 aromatic rings. The van der Waals surface area contributed by atoms with Gasteiger partial charge < -0.3 is 14.4 Å².